The molecule has 0 spiro atoms. The van der Waals surface area contributed by atoms with E-state index in [1.54, 1.807) is 0 Å². The quantitative estimate of drug-likeness (QED) is 0.182. The summed E-state index contributed by atoms with van der Waals surface area (Å²) in [6.07, 6.45) is 0. The van der Waals surface area contributed by atoms with Crippen LogP contribution in [0.25, 0.3) is 76.9 Å². The molecule has 0 aliphatic heterocycles. The Labute approximate surface area is 277 Å². The van der Waals surface area contributed by atoms with Gasteiger partial charge >= 0.3 is 0 Å². The van der Waals surface area contributed by atoms with Gasteiger partial charge in [0.2, 0.25) is 0 Å². The average Bonchev–Trinajstić information content (AvgIpc) is 3.48. The van der Waals surface area contributed by atoms with Crippen molar-refractivity contribution in [2.75, 3.05) is 0 Å². The lowest BCUT2D eigenvalue weighted by molar-refractivity contribution is 0.669. The van der Waals surface area contributed by atoms with E-state index in [1.165, 1.54) is 99.4 Å². The second kappa shape index (κ2) is 10.7. The molecule has 0 aliphatic carbocycles. The highest BCUT2D eigenvalue weighted by atomic mass is 16.3. The van der Waals surface area contributed by atoms with Crippen molar-refractivity contribution in [1.82, 2.24) is 0 Å². The van der Waals surface area contributed by atoms with Gasteiger partial charge in [0.25, 0.3) is 0 Å². The molecule has 0 amide bonds. The molecule has 8 rings (SSSR count). The predicted molar refractivity (Wildman–Crippen MR) is 203 cm³/mol. The van der Waals surface area contributed by atoms with E-state index >= 15 is 0 Å². The first-order valence-corrected chi connectivity index (χ1v) is 16.7. The van der Waals surface area contributed by atoms with Crippen molar-refractivity contribution in [3.8, 4) is 33.4 Å². The van der Waals surface area contributed by atoms with E-state index in [9.17, 15) is 0 Å². The SMILES string of the molecule is Cc1c(C)c(C)c2c(-c3ccc(-c4ccc5oc6ccccc6c5c4)cc3)c3c(C)c(C)c(C)c(C)c3c(-c3ccccc3)c2c1C. The van der Waals surface area contributed by atoms with Gasteiger partial charge < -0.3 is 4.42 Å². The normalized spacial score (nSPS) is 11.8. The Balaban J connectivity index is 1.47. The molecule has 0 radical (unpaired) electrons. The zero-order chi connectivity index (χ0) is 32.7. The molecule has 0 fully saturated rings. The zero-order valence-corrected chi connectivity index (χ0v) is 28.6. The molecule has 8 aromatic rings. The summed E-state index contributed by atoms with van der Waals surface area (Å²) >= 11 is 0. The Hall–Kier alpha value is -5.14. The first-order chi connectivity index (χ1) is 22.7. The topological polar surface area (TPSA) is 13.1 Å². The van der Waals surface area contributed by atoms with Gasteiger partial charge in [-0.15, -0.1) is 0 Å². The third-order valence-corrected chi connectivity index (χ3v) is 11.3. The van der Waals surface area contributed by atoms with E-state index in [-0.39, 0.29) is 0 Å². The van der Waals surface area contributed by atoms with Gasteiger partial charge in [-0.2, -0.15) is 0 Å². The highest BCUT2D eigenvalue weighted by Gasteiger charge is 2.25. The van der Waals surface area contributed by atoms with E-state index in [4.69, 9.17) is 4.42 Å². The second-order valence-corrected chi connectivity index (χ2v) is 13.5. The standard InChI is InChI=1S/C46H40O/c1-25-27(3)31(7)43-41(29(25)5)45(34-14-10-9-11-15-34)42-30(6)26(2)28(4)32(8)44(42)46(43)35-20-18-33(19-21-35)36-22-23-40-38(24-36)37-16-12-13-17-39(37)47-40/h9-24H,1-8H3. The van der Waals surface area contributed by atoms with Gasteiger partial charge in [0.05, 0.1) is 0 Å². The largest absolute Gasteiger partial charge is 0.456 e. The molecule has 0 saturated carbocycles. The highest BCUT2D eigenvalue weighted by Crippen LogP contribution is 2.50. The Morgan fingerprint density at radius 3 is 1.26 bits per heavy atom. The van der Waals surface area contributed by atoms with Crippen LogP contribution < -0.4 is 0 Å². The van der Waals surface area contributed by atoms with Gasteiger partial charge in [-0.25, -0.2) is 0 Å². The summed E-state index contributed by atoms with van der Waals surface area (Å²) in [5.41, 5.74) is 20.5. The summed E-state index contributed by atoms with van der Waals surface area (Å²) in [6.45, 7) is 18.5. The van der Waals surface area contributed by atoms with Crippen LogP contribution in [0.5, 0.6) is 0 Å². The predicted octanol–water partition coefficient (Wildman–Crippen LogP) is 13.4. The number of para-hydroxylation sites is 1. The van der Waals surface area contributed by atoms with Crippen molar-refractivity contribution in [3.05, 3.63) is 142 Å². The molecule has 7 aromatic carbocycles. The van der Waals surface area contributed by atoms with Crippen LogP contribution in [-0.2, 0) is 0 Å². The van der Waals surface area contributed by atoms with Crippen molar-refractivity contribution >= 4 is 43.5 Å². The van der Waals surface area contributed by atoms with Gasteiger partial charge in [0.15, 0.2) is 0 Å². The third kappa shape index (κ3) is 4.22. The molecule has 230 valence electrons. The van der Waals surface area contributed by atoms with Gasteiger partial charge in [0.1, 0.15) is 11.2 Å². The van der Waals surface area contributed by atoms with Crippen molar-refractivity contribution in [2.24, 2.45) is 0 Å². The summed E-state index contributed by atoms with van der Waals surface area (Å²) in [6, 6.07) is 35.2. The van der Waals surface area contributed by atoms with Crippen LogP contribution in [-0.4, -0.2) is 0 Å². The number of rotatable bonds is 3. The molecule has 1 heteroatoms. The summed E-state index contributed by atoms with van der Waals surface area (Å²) in [4.78, 5) is 0. The van der Waals surface area contributed by atoms with Crippen LogP contribution >= 0.6 is 0 Å². The van der Waals surface area contributed by atoms with Crippen LogP contribution in [0.2, 0.25) is 0 Å². The molecule has 0 bridgehead atoms. The van der Waals surface area contributed by atoms with Crippen LogP contribution in [0.1, 0.15) is 44.5 Å². The lowest BCUT2D eigenvalue weighted by atomic mass is 9.76. The van der Waals surface area contributed by atoms with Crippen molar-refractivity contribution in [2.45, 2.75) is 55.4 Å². The lowest BCUT2D eigenvalue weighted by Gasteiger charge is -2.27. The molecular weight excluding hydrogens is 569 g/mol. The Morgan fingerprint density at radius 1 is 0.319 bits per heavy atom. The summed E-state index contributed by atoms with van der Waals surface area (Å²) in [7, 11) is 0. The van der Waals surface area contributed by atoms with Crippen molar-refractivity contribution in [1.29, 1.82) is 0 Å². The van der Waals surface area contributed by atoms with Gasteiger partial charge in [-0.3, -0.25) is 0 Å². The van der Waals surface area contributed by atoms with Crippen molar-refractivity contribution in [3.63, 3.8) is 0 Å². The number of aryl methyl sites for hydroxylation is 4. The number of fused-ring (bicyclic) bond motifs is 5. The molecule has 0 atom stereocenters. The first kappa shape index (κ1) is 29.3. The van der Waals surface area contributed by atoms with Crippen LogP contribution in [0.4, 0.5) is 0 Å². The lowest BCUT2D eigenvalue weighted by Crippen LogP contribution is -2.03. The Morgan fingerprint density at radius 2 is 0.723 bits per heavy atom. The fraction of sp³-hybridized carbons (Fsp3) is 0.174. The monoisotopic (exact) mass is 608 g/mol. The van der Waals surface area contributed by atoms with E-state index in [1.807, 2.05) is 12.1 Å². The molecule has 0 aliphatic rings. The fourth-order valence-corrected chi connectivity index (χ4v) is 8.04. The number of benzene rings is 7. The Kier molecular flexibility index (Phi) is 6.67. The van der Waals surface area contributed by atoms with Gasteiger partial charge in [-0.1, -0.05) is 78.9 Å². The van der Waals surface area contributed by atoms with Gasteiger partial charge in [0, 0.05) is 10.8 Å². The highest BCUT2D eigenvalue weighted by molar-refractivity contribution is 6.25. The van der Waals surface area contributed by atoms with Crippen LogP contribution in [0, 0.1) is 55.4 Å². The maximum Gasteiger partial charge on any atom is 0.135 e. The second-order valence-electron chi connectivity index (χ2n) is 13.5. The molecule has 1 heterocycles. The van der Waals surface area contributed by atoms with E-state index in [2.05, 4.69) is 140 Å². The smallest absolute Gasteiger partial charge is 0.135 e. The maximum absolute atomic E-state index is 6.12. The summed E-state index contributed by atoms with van der Waals surface area (Å²) in [5, 5.41) is 7.83. The minimum absolute atomic E-state index is 0.927. The minimum Gasteiger partial charge on any atom is -0.456 e. The zero-order valence-electron chi connectivity index (χ0n) is 28.6. The van der Waals surface area contributed by atoms with Crippen molar-refractivity contribution < 1.29 is 4.42 Å². The fourth-order valence-electron chi connectivity index (χ4n) is 8.04. The van der Waals surface area contributed by atoms with Gasteiger partial charge in [-0.05, 0) is 173 Å². The molecule has 1 aromatic heterocycles. The first-order valence-electron chi connectivity index (χ1n) is 16.7. The average molecular weight is 609 g/mol. The molecule has 1 nitrogen and oxygen atoms in total. The molecule has 0 N–H and O–H groups in total. The molecule has 0 unspecified atom stereocenters. The number of hydrogen-bond donors (Lipinski definition) is 0. The minimum atomic E-state index is 0.927. The Bertz CT molecular complexity index is 2480. The molecule has 47 heavy (non-hydrogen) atoms. The van der Waals surface area contributed by atoms with Crippen LogP contribution in [0.15, 0.2) is 101 Å². The number of hydrogen-bond acceptors (Lipinski definition) is 1. The summed E-state index contributed by atoms with van der Waals surface area (Å²) < 4.78 is 6.12. The van der Waals surface area contributed by atoms with E-state index in [0.29, 0.717) is 0 Å². The van der Waals surface area contributed by atoms with Crippen LogP contribution in [0.3, 0.4) is 0 Å². The van der Waals surface area contributed by atoms with E-state index < -0.39 is 0 Å². The molecular formula is C46H40O. The maximum atomic E-state index is 6.12. The summed E-state index contributed by atoms with van der Waals surface area (Å²) in [5.74, 6) is 0. The van der Waals surface area contributed by atoms with E-state index in [0.717, 1.165) is 21.9 Å². The third-order valence-electron chi connectivity index (χ3n) is 11.3. The molecule has 0 saturated heterocycles. The number of furan rings is 1.